The molecule has 0 bridgehead atoms. The van der Waals surface area contributed by atoms with Crippen LogP contribution in [0.25, 0.3) is 0 Å². The summed E-state index contributed by atoms with van der Waals surface area (Å²) in [5, 5.41) is 11.8. The Bertz CT molecular complexity index is 489. The van der Waals surface area contributed by atoms with Crippen molar-refractivity contribution in [3.8, 4) is 0 Å². The zero-order chi connectivity index (χ0) is 16.2. The number of halogens is 1. The molecule has 1 aromatic carbocycles. The van der Waals surface area contributed by atoms with Crippen LogP contribution in [0.1, 0.15) is 31.9 Å². The number of hydroxylamine groups is 1. The fourth-order valence-corrected chi connectivity index (χ4v) is 1.82. The molecule has 1 aromatic rings. The van der Waals surface area contributed by atoms with Crippen molar-refractivity contribution in [3.05, 3.63) is 29.1 Å². The summed E-state index contributed by atoms with van der Waals surface area (Å²) in [4.78, 5) is 11.7. The van der Waals surface area contributed by atoms with Crippen LogP contribution in [0.4, 0.5) is 10.1 Å². The standard InChI is InChI=1S/C15H23FN2O3/c1-9-6-11(7-10(2)13(9)16)17-12(14(19)18-20)8-21-15(3,4)5/h6-7,12,17,20H,8H2,1-5H3,(H,18,19). The molecule has 1 amide bonds. The highest BCUT2D eigenvalue weighted by Gasteiger charge is 2.22. The zero-order valence-corrected chi connectivity index (χ0v) is 13.1. The third kappa shape index (κ3) is 5.32. The molecule has 0 spiro atoms. The van der Waals surface area contributed by atoms with Crippen molar-refractivity contribution in [3.63, 3.8) is 0 Å². The fourth-order valence-electron chi connectivity index (χ4n) is 1.82. The van der Waals surface area contributed by atoms with E-state index in [4.69, 9.17) is 9.94 Å². The van der Waals surface area contributed by atoms with E-state index in [1.807, 2.05) is 20.8 Å². The van der Waals surface area contributed by atoms with E-state index in [1.54, 1.807) is 31.5 Å². The van der Waals surface area contributed by atoms with Crippen molar-refractivity contribution < 1.29 is 19.1 Å². The normalized spacial score (nSPS) is 12.9. The predicted molar refractivity (Wildman–Crippen MR) is 78.9 cm³/mol. The number of nitrogens with one attached hydrogen (secondary N) is 2. The number of ether oxygens (including phenoxy) is 1. The van der Waals surface area contributed by atoms with E-state index in [2.05, 4.69) is 5.32 Å². The SMILES string of the molecule is Cc1cc(NC(COC(C)(C)C)C(=O)NO)cc(C)c1F. The van der Waals surface area contributed by atoms with Crippen LogP contribution in [0.2, 0.25) is 0 Å². The number of aryl methyl sites for hydroxylation is 2. The number of anilines is 1. The maximum absolute atomic E-state index is 13.6. The van der Waals surface area contributed by atoms with Gasteiger partial charge in [-0.05, 0) is 57.9 Å². The lowest BCUT2D eigenvalue weighted by molar-refractivity contribution is -0.132. The third-order valence-electron chi connectivity index (χ3n) is 2.89. The maximum atomic E-state index is 13.6. The Hall–Kier alpha value is -1.66. The fraction of sp³-hybridized carbons (Fsp3) is 0.533. The molecule has 6 heteroatoms. The topological polar surface area (TPSA) is 70.6 Å². The minimum Gasteiger partial charge on any atom is -0.373 e. The van der Waals surface area contributed by atoms with Crippen molar-refractivity contribution >= 4 is 11.6 Å². The smallest absolute Gasteiger partial charge is 0.268 e. The maximum Gasteiger partial charge on any atom is 0.268 e. The van der Waals surface area contributed by atoms with Crippen LogP contribution < -0.4 is 10.8 Å². The zero-order valence-electron chi connectivity index (χ0n) is 13.1. The second kappa shape index (κ2) is 6.87. The number of benzene rings is 1. The lowest BCUT2D eigenvalue weighted by Gasteiger charge is -2.25. The third-order valence-corrected chi connectivity index (χ3v) is 2.89. The molecule has 0 aliphatic heterocycles. The van der Waals surface area contributed by atoms with Gasteiger partial charge in [-0.15, -0.1) is 0 Å². The van der Waals surface area contributed by atoms with E-state index < -0.39 is 17.6 Å². The van der Waals surface area contributed by atoms with Gasteiger partial charge in [0, 0.05) is 5.69 Å². The van der Waals surface area contributed by atoms with E-state index in [9.17, 15) is 9.18 Å². The predicted octanol–water partition coefficient (Wildman–Crippen LogP) is 2.54. The van der Waals surface area contributed by atoms with Crippen LogP contribution in [0.5, 0.6) is 0 Å². The van der Waals surface area contributed by atoms with Crippen molar-refractivity contribution in [2.24, 2.45) is 0 Å². The molecular weight excluding hydrogens is 275 g/mol. The highest BCUT2D eigenvalue weighted by molar-refractivity contribution is 5.83. The number of rotatable bonds is 5. The Labute approximate surface area is 124 Å². The highest BCUT2D eigenvalue weighted by Crippen LogP contribution is 2.19. The van der Waals surface area contributed by atoms with Gasteiger partial charge in [0.25, 0.3) is 5.91 Å². The molecular formula is C15H23FN2O3. The molecule has 0 saturated carbocycles. The first-order valence-corrected chi connectivity index (χ1v) is 6.75. The van der Waals surface area contributed by atoms with Crippen LogP contribution in [0.3, 0.4) is 0 Å². The molecule has 0 aliphatic rings. The molecule has 1 atom stereocenters. The van der Waals surface area contributed by atoms with Gasteiger partial charge in [0.15, 0.2) is 0 Å². The number of amides is 1. The summed E-state index contributed by atoms with van der Waals surface area (Å²) in [5.74, 6) is -0.881. The van der Waals surface area contributed by atoms with E-state index in [0.29, 0.717) is 16.8 Å². The Morgan fingerprint density at radius 2 is 1.86 bits per heavy atom. The number of hydrogen-bond acceptors (Lipinski definition) is 4. The Balaban J connectivity index is 2.88. The Kier molecular flexibility index (Phi) is 5.69. The summed E-state index contributed by atoms with van der Waals surface area (Å²) in [7, 11) is 0. The molecule has 0 fully saturated rings. The van der Waals surface area contributed by atoms with E-state index in [1.165, 1.54) is 0 Å². The monoisotopic (exact) mass is 298 g/mol. The molecule has 0 heterocycles. The summed E-state index contributed by atoms with van der Waals surface area (Å²) in [6.07, 6.45) is 0. The summed E-state index contributed by atoms with van der Waals surface area (Å²) >= 11 is 0. The van der Waals surface area contributed by atoms with Gasteiger partial charge in [0.1, 0.15) is 11.9 Å². The molecule has 21 heavy (non-hydrogen) atoms. The second-order valence-electron chi connectivity index (χ2n) is 6.02. The van der Waals surface area contributed by atoms with E-state index in [0.717, 1.165) is 0 Å². The van der Waals surface area contributed by atoms with Crippen molar-refractivity contribution in [1.82, 2.24) is 5.48 Å². The van der Waals surface area contributed by atoms with Crippen LogP contribution in [-0.2, 0) is 9.53 Å². The van der Waals surface area contributed by atoms with Gasteiger partial charge >= 0.3 is 0 Å². The van der Waals surface area contributed by atoms with Crippen LogP contribution >= 0.6 is 0 Å². The molecule has 3 N–H and O–H groups in total. The average Bonchev–Trinajstić information content (AvgIpc) is 2.38. The van der Waals surface area contributed by atoms with Crippen LogP contribution in [0.15, 0.2) is 12.1 Å². The number of carbonyl (C=O) groups excluding carboxylic acids is 1. The number of carbonyl (C=O) groups is 1. The lowest BCUT2D eigenvalue weighted by atomic mass is 10.1. The van der Waals surface area contributed by atoms with Gasteiger partial charge < -0.3 is 10.1 Å². The van der Waals surface area contributed by atoms with Crippen molar-refractivity contribution in [2.45, 2.75) is 46.3 Å². The molecule has 5 nitrogen and oxygen atoms in total. The Morgan fingerprint density at radius 3 is 2.29 bits per heavy atom. The van der Waals surface area contributed by atoms with Crippen LogP contribution in [0, 0.1) is 19.7 Å². The largest absolute Gasteiger partial charge is 0.373 e. The molecule has 118 valence electrons. The first-order chi connectivity index (χ1) is 9.64. The lowest BCUT2D eigenvalue weighted by Crippen LogP contribution is -2.43. The van der Waals surface area contributed by atoms with Gasteiger partial charge in [-0.25, -0.2) is 9.87 Å². The van der Waals surface area contributed by atoms with Crippen molar-refractivity contribution in [2.75, 3.05) is 11.9 Å². The van der Waals surface area contributed by atoms with Gasteiger partial charge in [-0.1, -0.05) is 0 Å². The highest BCUT2D eigenvalue weighted by atomic mass is 19.1. The minimum absolute atomic E-state index is 0.0748. The molecule has 1 rings (SSSR count). The minimum atomic E-state index is -0.779. The van der Waals surface area contributed by atoms with Gasteiger partial charge in [0.2, 0.25) is 0 Å². The van der Waals surface area contributed by atoms with Gasteiger partial charge in [-0.2, -0.15) is 0 Å². The van der Waals surface area contributed by atoms with Gasteiger partial charge in [0.05, 0.1) is 12.2 Å². The second-order valence-corrected chi connectivity index (χ2v) is 6.02. The summed E-state index contributed by atoms with van der Waals surface area (Å²) in [5.41, 5.74) is 2.76. The quantitative estimate of drug-likeness (QED) is 0.577. The summed E-state index contributed by atoms with van der Waals surface area (Å²) in [6, 6.07) is 2.44. The molecule has 0 aromatic heterocycles. The molecule has 0 aliphatic carbocycles. The van der Waals surface area contributed by atoms with E-state index >= 15 is 0 Å². The first kappa shape index (κ1) is 17.4. The average molecular weight is 298 g/mol. The van der Waals surface area contributed by atoms with Gasteiger partial charge in [-0.3, -0.25) is 10.0 Å². The van der Waals surface area contributed by atoms with Crippen LogP contribution in [-0.4, -0.2) is 29.4 Å². The molecule has 1 unspecified atom stereocenters. The number of hydrogen-bond donors (Lipinski definition) is 3. The molecule has 0 radical (unpaired) electrons. The Morgan fingerprint density at radius 1 is 1.33 bits per heavy atom. The summed E-state index contributed by atoms with van der Waals surface area (Å²) < 4.78 is 19.2. The van der Waals surface area contributed by atoms with E-state index in [-0.39, 0.29) is 12.4 Å². The first-order valence-electron chi connectivity index (χ1n) is 6.75. The molecule has 0 saturated heterocycles. The summed E-state index contributed by atoms with van der Waals surface area (Å²) in [6.45, 7) is 8.99. The van der Waals surface area contributed by atoms with Crippen molar-refractivity contribution in [1.29, 1.82) is 0 Å².